The lowest BCUT2D eigenvalue weighted by atomic mass is 9.98. The van der Waals surface area contributed by atoms with Crippen LogP contribution in [0.15, 0.2) is 27.8 Å². The number of carbonyl (C=O) groups excluding carboxylic acids is 1. The second kappa shape index (κ2) is 11.8. The van der Waals surface area contributed by atoms with Gasteiger partial charge in [-0.1, -0.05) is 27.7 Å². The quantitative estimate of drug-likeness (QED) is 0.501. The second-order valence-electron chi connectivity index (χ2n) is 8.10. The predicted octanol–water partition coefficient (Wildman–Crippen LogP) is 3.44. The molecule has 0 atom stereocenters. The molecule has 6 nitrogen and oxygen atoms in total. The molecule has 0 aromatic carbocycles. The Morgan fingerprint density at radius 3 is 2.57 bits per heavy atom. The molecule has 1 saturated heterocycles. The fourth-order valence-corrected chi connectivity index (χ4v) is 3.52. The zero-order chi connectivity index (χ0) is 20.4. The highest BCUT2D eigenvalue weighted by atomic mass is 16.3. The Hall–Kier alpha value is -1.98. The first-order valence-corrected chi connectivity index (χ1v) is 10.9. The first-order chi connectivity index (χ1) is 13.5. The van der Waals surface area contributed by atoms with E-state index in [-0.39, 0.29) is 5.92 Å². The van der Waals surface area contributed by atoms with Crippen LogP contribution in [0.3, 0.4) is 0 Å². The average molecular weight is 391 g/mol. The number of aliphatic imine (C=N–C) groups is 1. The Balaban J connectivity index is 1.82. The van der Waals surface area contributed by atoms with Crippen LogP contribution >= 0.6 is 0 Å². The third kappa shape index (κ3) is 7.21. The summed E-state index contributed by atoms with van der Waals surface area (Å²) in [6.45, 7) is 11.8. The van der Waals surface area contributed by atoms with Crippen LogP contribution in [0.4, 0.5) is 0 Å². The lowest BCUT2D eigenvalue weighted by Crippen LogP contribution is -2.51. The predicted molar refractivity (Wildman–Crippen MR) is 114 cm³/mol. The van der Waals surface area contributed by atoms with Crippen LogP contribution in [0.5, 0.6) is 0 Å². The standard InChI is InChI=1S/C22H38N4O2/c1-5-18(6-2)21(27)26-13-10-19(11-14-26)25-22(24-16-17(3)4)23-12-9-20-8-7-15-28-20/h7-8,15,17-19H,5-6,9-14,16H2,1-4H3,(H2,23,24,25). The number of amides is 1. The topological polar surface area (TPSA) is 69.9 Å². The fourth-order valence-electron chi connectivity index (χ4n) is 3.52. The van der Waals surface area contributed by atoms with Crippen molar-refractivity contribution in [1.29, 1.82) is 0 Å². The van der Waals surface area contributed by atoms with Crippen molar-refractivity contribution in [1.82, 2.24) is 15.5 Å². The molecule has 1 fully saturated rings. The summed E-state index contributed by atoms with van der Waals surface area (Å²) in [7, 11) is 0. The molecule has 1 aliphatic rings. The van der Waals surface area contributed by atoms with E-state index in [2.05, 4.69) is 38.3 Å². The zero-order valence-corrected chi connectivity index (χ0v) is 18.0. The highest BCUT2D eigenvalue weighted by Gasteiger charge is 2.26. The van der Waals surface area contributed by atoms with Gasteiger partial charge in [0.2, 0.25) is 5.91 Å². The Morgan fingerprint density at radius 1 is 1.29 bits per heavy atom. The van der Waals surface area contributed by atoms with Gasteiger partial charge in [0, 0.05) is 44.6 Å². The molecule has 158 valence electrons. The van der Waals surface area contributed by atoms with Crippen LogP contribution in [-0.4, -0.2) is 49.0 Å². The molecule has 0 spiro atoms. The summed E-state index contributed by atoms with van der Waals surface area (Å²) in [6.07, 6.45) is 6.33. The molecule has 6 heteroatoms. The van der Waals surface area contributed by atoms with Crippen molar-refractivity contribution in [2.75, 3.05) is 26.2 Å². The monoisotopic (exact) mass is 390 g/mol. The molecule has 1 aromatic rings. The van der Waals surface area contributed by atoms with Gasteiger partial charge in [-0.25, -0.2) is 0 Å². The van der Waals surface area contributed by atoms with Crippen molar-refractivity contribution in [3.8, 4) is 0 Å². The minimum atomic E-state index is 0.177. The van der Waals surface area contributed by atoms with E-state index in [0.717, 1.165) is 70.0 Å². The first kappa shape index (κ1) is 22.3. The van der Waals surface area contributed by atoms with E-state index in [4.69, 9.17) is 9.41 Å². The minimum Gasteiger partial charge on any atom is -0.469 e. The van der Waals surface area contributed by atoms with Crippen molar-refractivity contribution < 1.29 is 9.21 Å². The van der Waals surface area contributed by atoms with Crippen LogP contribution in [0.2, 0.25) is 0 Å². The fraction of sp³-hybridized carbons (Fsp3) is 0.727. The SMILES string of the molecule is CCC(CC)C(=O)N1CCC(NC(=NCC(C)C)NCCc2ccco2)CC1. The van der Waals surface area contributed by atoms with Gasteiger partial charge in [0.25, 0.3) is 0 Å². The summed E-state index contributed by atoms with van der Waals surface area (Å²) in [6, 6.07) is 4.26. The van der Waals surface area contributed by atoms with Crippen LogP contribution in [0, 0.1) is 11.8 Å². The summed E-state index contributed by atoms with van der Waals surface area (Å²) >= 11 is 0. The number of piperidine rings is 1. The number of guanidine groups is 1. The smallest absolute Gasteiger partial charge is 0.225 e. The number of likely N-dealkylation sites (tertiary alicyclic amines) is 1. The van der Waals surface area contributed by atoms with E-state index in [0.29, 0.717) is 17.9 Å². The van der Waals surface area contributed by atoms with Gasteiger partial charge >= 0.3 is 0 Å². The zero-order valence-electron chi connectivity index (χ0n) is 18.0. The molecule has 0 aliphatic carbocycles. The number of hydrogen-bond acceptors (Lipinski definition) is 3. The molecule has 0 saturated carbocycles. The molecular weight excluding hydrogens is 352 g/mol. The van der Waals surface area contributed by atoms with Crippen molar-refractivity contribution in [2.45, 2.75) is 65.8 Å². The summed E-state index contributed by atoms with van der Waals surface area (Å²) < 4.78 is 5.40. The Kier molecular flexibility index (Phi) is 9.38. The van der Waals surface area contributed by atoms with Crippen LogP contribution in [-0.2, 0) is 11.2 Å². The van der Waals surface area contributed by atoms with E-state index < -0.39 is 0 Å². The van der Waals surface area contributed by atoms with Crippen LogP contribution < -0.4 is 10.6 Å². The number of carbonyl (C=O) groups is 1. The molecule has 1 aromatic heterocycles. The lowest BCUT2D eigenvalue weighted by Gasteiger charge is -2.35. The highest BCUT2D eigenvalue weighted by Crippen LogP contribution is 2.17. The van der Waals surface area contributed by atoms with E-state index in [1.54, 1.807) is 6.26 Å². The van der Waals surface area contributed by atoms with Gasteiger partial charge < -0.3 is 20.0 Å². The van der Waals surface area contributed by atoms with Crippen molar-refractivity contribution in [3.63, 3.8) is 0 Å². The molecular formula is C22H38N4O2. The Bertz CT molecular complexity index is 586. The molecule has 0 radical (unpaired) electrons. The maximum absolute atomic E-state index is 12.6. The third-order valence-electron chi connectivity index (χ3n) is 5.34. The summed E-state index contributed by atoms with van der Waals surface area (Å²) in [5.41, 5.74) is 0. The van der Waals surface area contributed by atoms with Gasteiger partial charge in [0.15, 0.2) is 5.96 Å². The number of furan rings is 1. The second-order valence-corrected chi connectivity index (χ2v) is 8.10. The van der Waals surface area contributed by atoms with E-state index in [1.165, 1.54) is 0 Å². The van der Waals surface area contributed by atoms with E-state index in [1.807, 2.05) is 17.0 Å². The van der Waals surface area contributed by atoms with Gasteiger partial charge in [-0.05, 0) is 43.7 Å². The van der Waals surface area contributed by atoms with Crippen molar-refractivity contribution in [3.05, 3.63) is 24.2 Å². The van der Waals surface area contributed by atoms with Gasteiger partial charge in [-0.15, -0.1) is 0 Å². The normalized spacial score (nSPS) is 16.1. The molecule has 0 unspecified atom stereocenters. The summed E-state index contributed by atoms with van der Waals surface area (Å²) in [5, 5.41) is 7.01. The maximum Gasteiger partial charge on any atom is 0.225 e. The lowest BCUT2D eigenvalue weighted by molar-refractivity contribution is -0.136. The van der Waals surface area contributed by atoms with E-state index >= 15 is 0 Å². The summed E-state index contributed by atoms with van der Waals surface area (Å²) in [4.78, 5) is 19.4. The molecule has 1 amide bonds. The van der Waals surface area contributed by atoms with Gasteiger partial charge in [0.05, 0.1) is 6.26 Å². The van der Waals surface area contributed by atoms with Gasteiger partial charge in [-0.2, -0.15) is 0 Å². The maximum atomic E-state index is 12.6. The first-order valence-electron chi connectivity index (χ1n) is 10.9. The molecule has 2 heterocycles. The molecule has 28 heavy (non-hydrogen) atoms. The Labute approximate surface area is 170 Å². The number of nitrogens with zero attached hydrogens (tertiary/aromatic N) is 2. The molecule has 0 bridgehead atoms. The van der Waals surface area contributed by atoms with Crippen LogP contribution in [0.25, 0.3) is 0 Å². The van der Waals surface area contributed by atoms with Crippen molar-refractivity contribution >= 4 is 11.9 Å². The number of nitrogens with one attached hydrogen (secondary N) is 2. The third-order valence-corrected chi connectivity index (χ3v) is 5.34. The number of hydrogen-bond donors (Lipinski definition) is 2. The molecule has 1 aliphatic heterocycles. The largest absolute Gasteiger partial charge is 0.469 e. The van der Waals surface area contributed by atoms with Gasteiger partial charge in [-0.3, -0.25) is 9.79 Å². The van der Waals surface area contributed by atoms with Crippen LogP contribution in [0.1, 0.15) is 59.1 Å². The average Bonchev–Trinajstić information content (AvgIpc) is 3.21. The van der Waals surface area contributed by atoms with E-state index in [9.17, 15) is 4.79 Å². The highest BCUT2D eigenvalue weighted by molar-refractivity contribution is 5.80. The summed E-state index contributed by atoms with van der Waals surface area (Å²) in [5.74, 6) is 2.86. The molecule has 2 N–H and O–H groups in total. The number of rotatable bonds is 9. The molecule has 2 rings (SSSR count). The van der Waals surface area contributed by atoms with Gasteiger partial charge in [0.1, 0.15) is 5.76 Å². The minimum absolute atomic E-state index is 0.177. The Morgan fingerprint density at radius 2 is 2.00 bits per heavy atom. The van der Waals surface area contributed by atoms with Crippen molar-refractivity contribution in [2.24, 2.45) is 16.8 Å².